The van der Waals surface area contributed by atoms with Crippen LogP contribution in [0, 0.1) is 6.92 Å². The fraction of sp³-hybridized carbons (Fsp3) is 0.375. The van der Waals surface area contributed by atoms with Gasteiger partial charge in [0.15, 0.2) is 0 Å². The minimum atomic E-state index is -0.0924. The lowest BCUT2D eigenvalue weighted by molar-refractivity contribution is 0.0857. The lowest BCUT2D eigenvalue weighted by Crippen LogP contribution is -2.32. The van der Waals surface area contributed by atoms with Gasteiger partial charge in [0.1, 0.15) is 0 Å². The Balaban J connectivity index is 1.71. The molecule has 5 heteroatoms. The number of aromatic nitrogens is 2. The van der Waals surface area contributed by atoms with Crippen LogP contribution in [0.15, 0.2) is 36.5 Å². The average Bonchev–Trinajstić information content (AvgIpc) is 3.15. The van der Waals surface area contributed by atoms with E-state index in [0.29, 0.717) is 12.1 Å². The van der Waals surface area contributed by atoms with Gasteiger partial charge in [0.25, 0.3) is 5.91 Å². The van der Waals surface area contributed by atoms with Crippen LogP contribution >= 0.6 is 0 Å². The van der Waals surface area contributed by atoms with Crippen LogP contribution in [0.4, 0.5) is 0 Å². The Morgan fingerprint density at radius 2 is 2.24 bits per heavy atom. The molecule has 0 spiro atoms. The molecule has 0 saturated carbocycles. The third kappa shape index (κ3) is 2.97. The number of rotatable bonds is 4. The first-order valence-electron chi connectivity index (χ1n) is 7.25. The second-order valence-corrected chi connectivity index (χ2v) is 5.24. The molecule has 0 unspecified atom stereocenters. The Morgan fingerprint density at radius 1 is 1.43 bits per heavy atom. The molecule has 1 atom stereocenters. The molecule has 0 aliphatic carbocycles. The van der Waals surface area contributed by atoms with E-state index in [4.69, 9.17) is 4.74 Å². The van der Waals surface area contributed by atoms with Crippen LogP contribution in [0.5, 0.6) is 0 Å². The van der Waals surface area contributed by atoms with E-state index >= 15 is 0 Å². The van der Waals surface area contributed by atoms with Crippen LogP contribution in [0.25, 0.3) is 5.69 Å². The summed E-state index contributed by atoms with van der Waals surface area (Å²) >= 11 is 0. The van der Waals surface area contributed by atoms with Crippen molar-refractivity contribution in [1.82, 2.24) is 15.1 Å². The highest BCUT2D eigenvalue weighted by molar-refractivity contribution is 5.95. The van der Waals surface area contributed by atoms with Crippen molar-refractivity contribution in [2.24, 2.45) is 0 Å². The molecule has 110 valence electrons. The lowest BCUT2D eigenvalue weighted by atomic mass is 10.2. The third-order valence-corrected chi connectivity index (χ3v) is 3.77. The molecule has 1 aliphatic heterocycles. The summed E-state index contributed by atoms with van der Waals surface area (Å²) in [6.45, 7) is 3.27. The van der Waals surface area contributed by atoms with Gasteiger partial charge in [-0.05, 0) is 31.9 Å². The van der Waals surface area contributed by atoms with Gasteiger partial charge in [-0.1, -0.05) is 18.2 Å². The van der Waals surface area contributed by atoms with E-state index < -0.39 is 0 Å². The molecule has 1 aliphatic rings. The van der Waals surface area contributed by atoms with Gasteiger partial charge in [-0.2, -0.15) is 5.10 Å². The van der Waals surface area contributed by atoms with Gasteiger partial charge < -0.3 is 10.1 Å². The summed E-state index contributed by atoms with van der Waals surface area (Å²) in [5.74, 6) is -0.0924. The summed E-state index contributed by atoms with van der Waals surface area (Å²) in [7, 11) is 0. The molecule has 2 heterocycles. The Bertz CT molecular complexity index is 616. The number of amides is 1. The molecule has 1 aromatic carbocycles. The SMILES string of the molecule is Cc1c(C(=O)NC[C@H]2CCCO2)cnn1-c1ccccc1. The van der Waals surface area contributed by atoms with Gasteiger partial charge in [0.05, 0.1) is 29.2 Å². The van der Waals surface area contributed by atoms with E-state index in [1.54, 1.807) is 10.9 Å². The van der Waals surface area contributed by atoms with E-state index in [1.165, 1.54) is 0 Å². The maximum atomic E-state index is 12.2. The number of carbonyl (C=O) groups is 1. The van der Waals surface area contributed by atoms with Crippen LogP contribution in [-0.2, 0) is 4.74 Å². The zero-order chi connectivity index (χ0) is 14.7. The van der Waals surface area contributed by atoms with E-state index in [0.717, 1.165) is 30.8 Å². The first-order chi connectivity index (χ1) is 10.3. The number of benzene rings is 1. The zero-order valence-electron chi connectivity index (χ0n) is 12.1. The largest absolute Gasteiger partial charge is 0.376 e. The predicted molar refractivity (Wildman–Crippen MR) is 79.6 cm³/mol. The minimum absolute atomic E-state index is 0.0924. The number of ether oxygens (including phenoxy) is 1. The number of carbonyl (C=O) groups excluding carboxylic acids is 1. The molecule has 1 saturated heterocycles. The summed E-state index contributed by atoms with van der Waals surface area (Å²) in [6, 6.07) is 9.79. The molecular weight excluding hydrogens is 266 g/mol. The van der Waals surface area contributed by atoms with Crippen molar-refractivity contribution < 1.29 is 9.53 Å². The summed E-state index contributed by atoms with van der Waals surface area (Å²) in [5, 5.41) is 7.24. The predicted octanol–water partition coefficient (Wildman–Crippen LogP) is 2.09. The van der Waals surface area contributed by atoms with Gasteiger partial charge in [-0.15, -0.1) is 0 Å². The van der Waals surface area contributed by atoms with Gasteiger partial charge in [0.2, 0.25) is 0 Å². The fourth-order valence-corrected chi connectivity index (χ4v) is 2.57. The highest BCUT2D eigenvalue weighted by atomic mass is 16.5. The molecule has 3 rings (SSSR count). The van der Waals surface area contributed by atoms with Crippen molar-refractivity contribution in [3.05, 3.63) is 47.8 Å². The Labute approximate surface area is 123 Å². The maximum Gasteiger partial charge on any atom is 0.254 e. The molecule has 0 bridgehead atoms. The number of hydrogen-bond donors (Lipinski definition) is 1. The normalized spacial score (nSPS) is 17.9. The van der Waals surface area contributed by atoms with Gasteiger partial charge >= 0.3 is 0 Å². The van der Waals surface area contributed by atoms with Crippen LogP contribution in [0.1, 0.15) is 28.9 Å². The minimum Gasteiger partial charge on any atom is -0.376 e. The molecule has 1 N–H and O–H groups in total. The molecule has 2 aromatic rings. The molecule has 1 aromatic heterocycles. The van der Waals surface area contributed by atoms with Crippen molar-refractivity contribution in [2.75, 3.05) is 13.2 Å². The zero-order valence-corrected chi connectivity index (χ0v) is 12.1. The first-order valence-corrected chi connectivity index (χ1v) is 7.25. The summed E-state index contributed by atoms with van der Waals surface area (Å²) < 4.78 is 7.29. The monoisotopic (exact) mass is 285 g/mol. The Hall–Kier alpha value is -2.14. The first kappa shape index (κ1) is 13.8. The molecule has 5 nitrogen and oxygen atoms in total. The Kier molecular flexibility index (Phi) is 4.01. The van der Waals surface area contributed by atoms with Crippen molar-refractivity contribution in [1.29, 1.82) is 0 Å². The standard InChI is InChI=1S/C16H19N3O2/c1-12-15(16(20)17-10-14-8-5-9-21-14)11-18-19(12)13-6-3-2-4-7-13/h2-4,6-7,11,14H,5,8-10H2,1H3,(H,17,20)/t14-/m1/s1. The van der Waals surface area contributed by atoms with E-state index in [2.05, 4.69) is 10.4 Å². The van der Waals surface area contributed by atoms with Crippen molar-refractivity contribution >= 4 is 5.91 Å². The number of nitrogens with one attached hydrogen (secondary N) is 1. The average molecular weight is 285 g/mol. The highest BCUT2D eigenvalue weighted by Crippen LogP contribution is 2.14. The molecule has 21 heavy (non-hydrogen) atoms. The number of para-hydroxylation sites is 1. The summed E-state index contributed by atoms with van der Waals surface area (Å²) in [6.07, 6.45) is 3.86. The Morgan fingerprint density at radius 3 is 2.95 bits per heavy atom. The molecule has 1 amide bonds. The highest BCUT2D eigenvalue weighted by Gasteiger charge is 2.19. The van der Waals surface area contributed by atoms with Crippen LogP contribution < -0.4 is 5.32 Å². The van der Waals surface area contributed by atoms with Gasteiger partial charge in [-0.25, -0.2) is 4.68 Å². The quantitative estimate of drug-likeness (QED) is 0.936. The van der Waals surface area contributed by atoms with Crippen molar-refractivity contribution in [2.45, 2.75) is 25.9 Å². The third-order valence-electron chi connectivity index (χ3n) is 3.77. The topological polar surface area (TPSA) is 56.1 Å². The van der Waals surface area contributed by atoms with Gasteiger partial charge in [-0.3, -0.25) is 4.79 Å². The van der Waals surface area contributed by atoms with E-state index in [9.17, 15) is 4.79 Å². The maximum absolute atomic E-state index is 12.2. The molecule has 0 radical (unpaired) electrons. The van der Waals surface area contributed by atoms with Crippen LogP contribution in [0.3, 0.4) is 0 Å². The van der Waals surface area contributed by atoms with Crippen molar-refractivity contribution in [3.8, 4) is 5.69 Å². The number of hydrogen-bond acceptors (Lipinski definition) is 3. The van der Waals surface area contributed by atoms with E-state index in [-0.39, 0.29) is 12.0 Å². The van der Waals surface area contributed by atoms with Crippen LogP contribution in [0.2, 0.25) is 0 Å². The lowest BCUT2D eigenvalue weighted by Gasteiger charge is -2.10. The second kappa shape index (κ2) is 6.10. The second-order valence-electron chi connectivity index (χ2n) is 5.24. The summed E-state index contributed by atoms with van der Waals surface area (Å²) in [5.41, 5.74) is 2.40. The summed E-state index contributed by atoms with van der Waals surface area (Å²) in [4.78, 5) is 12.2. The number of nitrogens with zero attached hydrogens (tertiary/aromatic N) is 2. The smallest absolute Gasteiger partial charge is 0.254 e. The van der Waals surface area contributed by atoms with Crippen LogP contribution in [-0.4, -0.2) is 34.9 Å². The fourth-order valence-electron chi connectivity index (χ4n) is 2.57. The van der Waals surface area contributed by atoms with Crippen molar-refractivity contribution in [3.63, 3.8) is 0 Å². The molecule has 1 fully saturated rings. The molecular formula is C16H19N3O2. The van der Waals surface area contributed by atoms with Gasteiger partial charge in [0, 0.05) is 13.2 Å². The van der Waals surface area contributed by atoms with E-state index in [1.807, 2.05) is 37.3 Å².